The molecule has 10 heteroatoms. The lowest BCUT2D eigenvalue weighted by molar-refractivity contribution is 0.105. The van der Waals surface area contributed by atoms with Crippen molar-refractivity contribution in [2.24, 2.45) is 0 Å². The maximum absolute atomic E-state index is 14.5. The average Bonchev–Trinajstić information content (AvgIpc) is 3.19. The van der Waals surface area contributed by atoms with Gasteiger partial charge in [0.15, 0.2) is 11.6 Å². The van der Waals surface area contributed by atoms with Gasteiger partial charge in [0.2, 0.25) is 0 Å². The van der Waals surface area contributed by atoms with Crippen LogP contribution in [0.3, 0.4) is 0 Å². The minimum Gasteiger partial charge on any atom is -0.403 e. The summed E-state index contributed by atoms with van der Waals surface area (Å²) in [6, 6.07) is 5.72. The zero-order valence-electron chi connectivity index (χ0n) is 14.8. The standard InChI is InChI=1S/C19H15F3N4O3/c1-2-10-3-6-15(14(21)7-10)24-17-12(4-5-13(20)16(17)22)18-25-26-19(29-18)23-8-11(28)9-27/h1,3-7,11,24,27-28H,8-9H2,(H,23,26)/t11-/m1/s1. The van der Waals surface area contributed by atoms with Gasteiger partial charge in [-0.25, -0.2) is 13.2 Å². The van der Waals surface area contributed by atoms with Crippen molar-refractivity contribution in [1.29, 1.82) is 0 Å². The molecule has 29 heavy (non-hydrogen) atoms. The summed E-state index contributed by atoms with van der Waals surface area (Å²) in [6.45, 7) is -0.553. The lowest BCUT2D eigenvalue weighted by atomic mass is 10.1. The van der Waals surface area contributed by atoms with Crippen LogP contribution in [0.25, 0.3) is 11.5 Å². The molecule has 3 aromatic rings. The van der Waals surface area contributed by atoms with Crippen molar-refractivity contribution < 1.29 is 27.8 Å². The van der Waals surface area contributed by atoms with E-state index in [4.69, 9.17) is 15.9 Å². The fourth-order valence-electron chi connectivity index (χ4n) is 2.37. The number of aromatic nitrogens is 2. The number of halogens is 3. The highest BCUT2D eigenvalue weighted by molar-refractivity contribution is 5.78. The molecule has 0 saturated heterocycles. The van der Waals surface area contributed by atoms with Gasteiger partial charge in [0.05, 0.1) is 29.6 Å². The van der Waals surface area contributed by atoms with Crippen molar-refractivity contribution >= 4 is 17.4 Å². The quantitative estimate of drug-likeness (QED) is 0.449. The highest BCUT2D eigenvalue weighted by Crippen LogP contribution is 2.34. The third-order valence-electron chi connectivity index (χ3n) is 3.85. The molecule has 0 unspecified atom stereocenters. The molecule has 1 aromatic heterocycles. The molecule has 0 aliphatic rings. The molecular weight excluding hydrogens is 389 g/mol. The van der Waals surface area contributed by atoms with Crippen molar-refractivity contribution in [3.05, 3.63) is 53.3 Å². The summed E-state index contributed by atoms with van der Waals surface area (Å²) in [5.41, 5.74) is -0.292. The van der Waals surface area contributed by atoms with Crippen LogP contribution in [0.15, 0.2) is 34.7 Å². The van der Waals surface area contributed by atoms with Gasteiger partial charge in [0, 0.05) is 12.1 Å². The summed E-state index contributed by atoms with van der Waals surface area (Å²) in [7, 11) is 0. The number of rotatable bonds is 7. The maximum atomic E-state index is 14.5. The molecule has 0 amide bonds. The third-order valence-corrected chi connectivity index (χ3v) is 3.85. The fraction of sp³-hybridized carbons (Fsp3) is 0.158. The van der Waals surface area contributed by atoms with E-state index in [0.29, 0.717) is 0 Å². The van der Waals surface area contributed by atoms with Crippen molar-refractivity contribution in [1.82, 2.24) is 10.2 Å². The molecule has 0 fully saturated rings. The zero-order chi connectivity index (χ0) is 21.0. The van der Waals surface area contributed by atoms with Crippen molar-refractivity contribution in [3.63, 3.8) is 0 Å². The Hall–Kier alpha value is -3.55. The Morgan fingerprint density at radius 1 is 1.14 bits per heavy atom. The smallest absolute Gasteiger partial charge is 0.315 e. The molecule has 0 radical (unpaired) electrons. The zero-order valence-corrected chi connectivity index (χ0v) is 14.8. The van der Waals surface area contributed by atoms with E-state index in [-0.39, 0.29) is 35.3 Å². The molecule has 1 atom stereocenters. The molecular formula is C19H15F3N4O3. The van der Waals surface area contributed by atoms with E-state index in [2.05, 4.69) is 26.8 Å². The number of aliphatic hydroxyl groups is 2. The largest absolute Gasteiger partial charge is 0.403 e. The summed E-state index contributed by atoms with van der Waals surface area (Å²) in [5.74, 6) is -1.12. The van der Waals surface area contributed by atoms with E-state index >= 15 is 0 Å². The first-order chi connectivity index (χ1) is 13.9. The molecule has 0 bridgehead atoms. The number of hydrogen-bond acceptors (Lipinski definition) is 7. The molecule has 150 valence electrons. The van der Waals surface area contributed by atoms with Gasteiger partial charge in [-0.15, -0.1) is 11.5 Å². The molecule has 4 N–H and O–H groups in total. The molecule has 2 aromatic carbocycles. The third kappa shape index (κ3) is 4.48. The van der Waals surface area contributed by atoms with Gasteiger partial charge in [0.25, 0.3) is 5.89 Å². The number of hydrogen-bond donors (Lipinski definition) is 4. The molecule has 0 spiro atoms. The van der Waals surface area contributed by atoms with Crippen LogP contribution in [0.1, 0.15) is 5.56 Å². The van der Waals surface area contributed by atoms with E-state index in [1.54, 1.807) is 0 Å². The maximum Gasteiger partial charge on any atom is 0.315 e. The van der Waals surface area contributed by atoms with Gasteiger partial charge in [0.1, 0.15) is 5.82 Å². The molecule has 0 aliphatic carbocycles. The Labute approximate surface area is 163 Å². The summed E-state index contributed by atoms with van der Waals surface area (Å²) < 4.78 is 47.8. The monoisotopic (exact) mass is 404 g/mol. The number of aliphatic hydroxyl groups excluding tert-OH is 2. The first kappa shape index (κ1) is 20.2. The Kier molecular flexibility index (Phi) is 6.01. The fourth-order valence-corrected chi connectivity index (χ4v) is 2.37. The van der Waals surface area contributed by atoms with Gasteiger partial charge in [-0.05, 0) is 30.3 Å². The highest BCUT2D eigenvalue weighted by atomic mass is 19.2. The number of anilines is 3. The van der Waals surface area contributed by atoms with Crippen LogP contribution in [0.4, 0.5) is 30.6 Å². The number of nitrogens with one attached hydrogen (secondary N) is 2. The number of nitrogens with zero attached hydrogens (tertiary/aromatic N) is 2. The Bertz CT molecular complexity index is 1070. The number of benzene rings is 2. The minimum atomic E-state index is -1.27. The van der Waals surface area contributed by atoms with Crippen LogP contribution in [-0.4, -0.2) is 39.7 Å². The lowest BCUT2D eigenvalue weighted by Crippen LogP contribution is -2.23. The second-order valence-electron chi connectivity index (χ2n) is 5.88. The molecule has 1 heterocycles. The van der Waals surface area contributed by atoms with Crippen LogP contribution in [0.5, 0.6) is 0 Å². The van der Waals surface area contributed by atoms with E-state index in [9.17, 15) is 18.3 Å². The van der Waals surface area contributed by atoms with E-state index in [0.717, 1.165) is 12.1 Å². The Morgan fingerprint density at radius 2 is 1.93 bits per heavy atom. The number of terminal acetylenes is 1. The Balaban J connectivity index is 1.94. The second kappa shape index (κ2) is 8.64. The van der Waals surface area contributed by atoms with E-state index in [1.807, 2.05) is 0 Å². The van der Waals surface area contributed by atoms with Crippen LogP contribution in [0.2, 0.25) is 0 Å². The van der Waals surface area contributed by atoms with Gasteiger partial charge in [-0.2, -0.15) is 0 Å². The van der Waals surface area contributed by atoms with Gasteiger partial charge in [-0.3, -0.25) is 0 Å². The summed E-state index contributed by atoms with van der Waals surface area (Å²) in [6.07, 6.45) is 4.15. The van der Waals surface area contributed by atoms with E-state index < -0.39 is 35.8 Å². The normalized spacial score (nSPS) is 11.7. The average molecular weight is 404 g/mol. The highest BCUT2D eigenvalue weighted by Gasteiger charge is 2.21. The SMILES string of the molecule is C#Cc1ccc(Nc2c(-c3nnc(NC[C@@H](O)CO)o3)ccc(F)c2F)c(F)c1. The van der Waals surface area contributed by atoms with Gasteiger partial charge >= 0.3 is 6.01 Å². The van der Waals surface area contributed by atoms with Crippen LogP contribution in [0, 0.1) is 29.8 Å². The lowest BCUT2D eigenvalue weighted by Gasteiger charge is -2.12. The predicted molar refractivity (Wildman–Crippen MR) is 98.9 cm³/mol. The molecule has 0 aliphatic heterocycles. The molecule has 0 saturated carbocycles. The summed E-state index contributed by atoms with van der Waals surface area (Å²) in [5, 5.41) is 30.6. The van der Waals surface area contributed by atoms with Gasteiger partial charge < -0.3 is 25.3 Å². The second-order valence-corrected chi connectivity index (χ2v) is 5.88. The molecule has 7 nitrogen and oxygen atoms in total. The first-order valence-electron chi connectivity index (χ1n) is 8.30. The van der Waals surface area contributed by atoms with Crippen LogP contribution >= 0.6 is 0 Å². The summed E-state index contributed by atoms with van der Waals surface area (Å²) in [4.78, 5) is 0. The minimum absolute atomic E-state index is 0.0208. The predicted octanol–water partition coefficient (Wildman–Crippen LogP) is 2.64. The Morgan fingerprint density at radius 3 is 2.62 bits per heavy atom. The van der Waals surface area contributed by atoms with Crippen molar-refractivity contribution in [2.45, 2.75) is 6.10 Å². The topological polar surface area (TPSA) is 103 Å². The summed E-state index contributed by atoms with van der Waals surface area (Å²) >= 11 is 0. The van der Waals surface area contributed by atoms with Crippen LogP contribution in [-0.2, 0) is 0 Å². The first-order valence-corrected chi connectivity index (χ1v) is 8.30. The van der Waals surface area contributed by atoms with Gasteiger partial charge in [-0.1, -0.05) is 11.0 Å². The molecule has 3 rings (SSSR count). The van der Waals surface area contributed by atoms with Crippen LogP contribution < -0.4 is 10.6 Å². The van der Waals surface area contributed by atoms with Crippen molar-refractivity contribution in [2.75, 3.05) is 23.8 Å². The van der Waals surface area contributed by atoms with Crippen molar-refractivity contribution in [3.8, 4) is 23.8 Å². The van der Waals surface area contributed by atoms with E-state index in [1.165, 1.54) is 18.2 Å².